The number of rotatable bonds is 7. The van der Waals surface area contributed by atoms with Gasteiger partial charge in [-0.25, -0.2) is 9.78 Å². The van der Waals surface area contributed by atoms with Crippen molar-refractivity contribution in [3.05, 3.63) is 47.4 Å². The predicted molar refractivity (Wildman–Crippen MR) is 125 cm³/mol. The van der Waals surface area contributed by atoms with E-state index >= 15 is 8.78 Å². The van der Waals surface area contributed by atoms with Gasteiger partial charge in [0.05, 0.1) is 11.9 Å². The zero-order valence-corrected chi connectivity index (χ0v) is 20.6. The van der Waals surface area contributed by atoms with Gasteiger partial charge in [-0.15, -0.1) is 0 Å². The van der Waals surface area contributed by atoms with Gasteiger partial charge in [0.25, 0.3) is 0 Å². The van der Waals surface area contributed by atoms with Crippen molar-refractivity contribution in [2.45, 2.75) is 45.1 Å². The van der Waals surface area contributed by atoms with Gasteiger partial charge in [-0.05, 0) is 12.1 Å². The molecule has 1 fully saturated rings. The number of hydrogen-bond acceptors (Lipinski definition) is 9. The van der Waals surface area contributed by atoms with Gasteiger partial charge in [0.15, 0.2) is 23.1 Å². The lowest BCUT2D eigenvalue weighted by Crippen LogP contribution is -2.43. The third kappa shape index (κ3) is 5.37. The lowest BCUT2D eigenvalue weighted by molar-refractivity contribution is -0.171. The maximum Gasteiger partial charge on any atom is 0.338 e. The van der Waals surface area contributed by atoms with Crippen molar-refractivity contribution in [3.8, 4) is 0 Å². The van der Waals surface area contributed by atoms with E-state index in [1.165, 1.54) is 12.1 Å². The van der Waals surface area contributed by atoms with Crippen molar-refractivity contribution in [1.29, 1.82) is 0 Å². The zero-order valence-electron chi connectivity index (χ0n) is 19.9. The molecule has 3 atom stereocenters. The number of aromatic nitrogens is 4. The van der Waals surface area contributed by atoms with Crippen LogP contribution in [-0.2, 0) is 23.8 Å². The number of nitrogens with one attached hydrogen (secondary N) is 1. The largest absolute Gasteiger partial charge is 0.459 e. The molecule has 1 aliphatic rings. The highest BCUT2D eigenvalue weighted by Crippen LogP contribution is 2.44. The summed E-state index contributed by atoms with van der Waals surface area (Å²) in [4.78, 5) is 48.3. The molecule has 0 spiro atoms. The van der Waals surface area contributed by atoms with Gasteiger partial charge < -0.3 is 14.2 Å². The number of nitrogens with zero attached hydrogens (tertiary/aromatic N) is 4. The van der Waals surface area contributed by atoms with Crippen LogP contribution in [0.1, 0.15) is 37.4 Å². The first-order valence-electron chi connectivity index (χ1n) is 11.1. The van der Waals surface area contributed by atoms with Gasteiger partial charge in [-0.2, -0.15) is 18.7 Å². The number of fused-ring (bicyclic) bond motifs is 1. The molecule has 1 N–H and O–H groups in total. The number of anilines is 1. The Morgan fingerprint density at radius 1 is 1.22 bits per heavy atom. The van der Waals surface area contributed by atoms with E-state index in [9.17, 15) is 14.4 Å². The van der Waals surface area contributed by atoms with Crippen LogP contribution in [0.4, 0.5) is 14.7 Å². The Bertz CT molecular complexity index is 1340. The van der Waals surface area contributed by atoms with Gasteiger partial charge >= 0.3 is 17.9 Å². The lowest BCUT2D eigenvalue weighted by Gasteiger charge is -2.23. The van der Waals surface area contributed by atoms with Gasteiger partial charge in [0, 0.05) is 12.8 Å². The standard InChI is InChI=1S/C23H22ClF2N5O6/c1-11(2)19(33)30-22-28-17(24)15-18(29-22)31(10-27-15)20-16(36-12(3)32)23(25,26)14(37-20)9-35-21(34)13-7-5-4-6-8-13/h4-8,10-11,14,16,20H,9H2,1-3H3,(H,28,29,30,33)/t14-,16+,20-/m1/s1. The van der Waals surface area contributed by atoms with E-state index in [0.717, 1.165) is 17.8 Å². The molecule has 3 aromatic rings. The van der Waals surface area contributed by atoms with Crippen LogP contribution in [0.3, 0.4) is 0 Å². The van der Waals surface area contributed by atoms with Crippen LogP contribution >= 0.6 is 11.6 Å². The minimum absolute atomic E-state index is 0.0386. The highest BCUT2D eigenvalue weighted by atomic mass is 35.5. The van der Waals surface area contributed by atoms with E-state index in [2.05, 4.69) is 20.3 Å². The summed E-state index contributed by atoms with van der Waals surface area (Å²) in [7, 11) is 0. The summed E-state index contributed by atoms with van der Waals surface area (Å²) in [5.41, 5.74) is 0.149. The molecule has 2 aromatic heterocycles. The quantitative estimate of drug-likeness (QED) is 0.355. The average molecular weight is 538 g/mol. The Morgan fingerprint density at radius 3 is 2.57 bits per heavy atom. The monoisotopic (exact) mass is 537 g/mol. The van der Waals surface area contributed by atoms with Crippen LogP contribution in [0.5, 0.6) is 0 Å². The van der Waals surface area contributed by atoms with E-state index in [4.69, 9.17) is 25.8 Å². The minimum atomic E-state index is -3.77. The molecule has 0 aliphatic carbocycles. The van der Waals surface area contributed by atoms with Crippen LogP contribution < -0.4 is 5.32 Å². The average Bonchev–Trinajstić information content (AvgIpc) is 3.36. The summed E-state index contributed by atoms with van der Waals surface area (Å²) in [6, 6.07) is 7.82. The number of halogens is 3. The summed E-state index contributed by atoms with van der Waals surface area (Å²) in [6.07, 6.45) is -4.59. The third-order valence-corrected chi connectivity index (χ3v) is 5.72. The molecule has 1 saturated heterocycles. The van der Waals surface area contributed by atoms with E-state index in [1.54, 1.807) is 32.0 Å². The number of benzene rings is 1. The molecule has 0 radical (unpaired) electrons. The van der Waals surface area contributed by atoms with Crippen molar-refractivity contribution in [2.75, 3.05) is 11.9 Å². The maximum atomic E-state index is 15.4. The number of carbonyl (C=O) groups excluding carboxylic acids is 3. The molecule has 1 amide bonds. The highest BCUT2D eigenvalue weighted by Gasteiger charge is 2.62. The number of imidazole rings is 1. The molecular formula is C23H22ClF2N5O6. The molecule has 3 heterocycles. The van der Waals surface area contributed by atoms with E-state index in [0.29, 0.717) is 0 Å². The molecule has 4 rings (SSSR count). The van der Waals surface area contributed by atoms with Crippen LogP contribution in [0.25, 0.3) is 11.2 Å². The molecule has 37 heavy (non-hydrogen) atoms. The Balaban J connectivity index is 1.66. The molecule has 0 unspecified atom stereocenters. The number of carbonyl (C=O) groups is 3. The molecule has 0 bridgehead atoms. The van der Waals surface area contributed by atoms with Crippen LogP contribution in [0, 0.1) is 5.92 Å². The van der Waals surface area contributed by atoms with Crippen LogP contribution in [-0.4, -0.2) is 62.1 Å². The maximum absolute atomic E-state index is 15.4. The van der Waals surface area contributed by atoms with Crippen LogP contribution in [0.2, 0.25) is 5.15 Å². The summed E-state index contributed by atoms with van der Waals surface area (Å²) >= 11 is 6.18. The normalized spacial score (nSPS) is 20.7. The SMILES string of the molecule is CC(=O)O[C@H]1[C@H](n2cnc3c(Cl)nc(NC(=O)C(C)C)nc32)O[C@H](COC(=O)c2ccccc2)C1(F)F. The number of alkyl halides is 2. The predicted octanol–water partition coefficient (Wildman–Crippen LogP) is 3.40. The van der Waals surface area contributed by atoms with E-state index in [-0.39, 0.29) is 27.8 Å². The molecular weight excluding hydrogens is 516 g/mol. The summed E-state index contributed by atoms with van der Waals surface area (Å²) in [5.74, 6) is -6.56. The highest BCUT2D eigenvalue weighted by molar-refractivity contribution is 6.33. The molecule has 196 valence electrons. The fourth-order valence-corrected chi connectivity index (χ4v) is 3.78. The van der Waals surface area contributed by atoms with Crippen molar-refractivity contribution < 1.29 is 37.4 Å². The Labute approximate surface area is 214 Å². The van der Waals surface area contributed by atoms with Gasteiger partial charge in [-0.1, -0.05) is 43.6 Å². The van der Waals surface area contributed by atoms with Crippen molar-refractivity contribution >= 4 is 46.6 Å². The Hall–Kier alpha value is -3.71. The third-order valence-electron chi connectivity index (χ3n) is 5.45. The fourth-order valence-electron chi connectivity index (χ4n) is 3.57. The number of ether oxygens (including phenoxy) is 3. The van der Waals surface area contributed by atoms with Crippen LogP contribution in [0.15, 0.2) is 36.7 Å². The number of amides is 1. The molecule has 1 aliphatic heterocycles. The summed E-state index contributed by atoms with van der Waals surface area (Å²) < 4.78 is 47.5. The van der Waals surface area contributed by atoms with Crippen molar-refractivity contribution in [1.82, 2.24) is 19.5 Å². The Morgan fingerprint density at radius 2 is 1.92 bits per heavy atom. The van der Waals surface area contributed by atoms with Crippen molar-refractivity contribution in [3.63, 3.8) is 0 Å². The second-order valence-corrected chi connectivity index (χ2v) is 8.85. The van der Waals surface area contributed by atoms with Gasteiger partial charge in [0.2, 0.25) is 18.0 Å². The van der Waals surface area contributed by atoms with E-state index < -0.39 is 54.7 Å². The number of esters is 2. The lowest BCUT2D eigenvalue weighted by atomic mass is 10.1. The molecule has 1 aromatic carbocycles. The first kappa shape index (κ1) is 26.4. The molecule has 0 saturated carbocycles. The molecule has 14 heteroatoms. The van der Waals surface area contributed by atoms with Crippen molar-refractivity contribution in [2.24, 2.45) is 5.92 Å². The van der Waals surface area contributed by atoms with Gasteiger partial charge in [0.1, 0.15) is 12.1 Å². The second kappa shape index (κ2) is 10.3. The summed E-state index contributed by atoms with van der Waals surface area (Å²) in [5, 5.41) is 2.33. The molecule has 11 nitrogen and oxygen atoms in total. The van der Waals surface area contributed by atoms with E-state index in [1.807, 2.05) is 0 Å². The number of hydrogen-bond donors (Lipinski definition) is 1. The zero-order chi connectivity index (χ0) is 26.9. The smallest absolute Gasteiger partial charge is 0.338 e. The Kier molecular flexibility index (Phi) is 7.37. The minimum Gasteiger partial charge on any atom is -0.459 e. The first-order chi connectivity index (χ1) is 17.5. The second-order valence-electron chi connectivity index (χ2n) is 8.49. The topological polar surface area (TPSA) is 135 Å². The van der Waals surface area contributed by atoms with Gasteiger partial charge in [-0.3, -0.25) is 19.5 Å². The summed E-state index contributed by atoms with van der Waals surface area (Å²) in [6.45, 7) is 3.46. The fraction of sp³-hybridized carbons (Fsp3) is 0.391. The first-order valence-corrected chi connectivity index (χ1v) is 11.5.